The summed E-state index contributed by atoms with van der Waals surface area (Å²) in [4.78, 5) is 35.3. The van der Waals surface area contributed by atoms with Crippen molar-refractivity contribution in [3.05, 3.63) is 24.6 Å². The normalized spacial score (nSPS) is 21.9. The molecule has 0 atom stereocenters. The lowest BCUT2D eigenvalue weighted by atomic mass is 10.0. The Balaban J connectivity index is 0.000000343. The Hall–Kier alpha value is -2.22. The van der Waals surface area contributed by atoms with Gasteiger partial charge in [-0.1, -0.05) is 19.6 Å². The maximum absolute atomic E-state index is 10.8. The van der Waals surface area contributed by atoms with E-state index in [4.69, 9.17) is 0 Å². The van der Waals surface area contributed by atoms with Gasteiger partial charge in [-0.25, -0.2) is 4.79 Å². The fraction of sp³-hybridized carbons (Fsp3) is 0.867. The highest BCUT2D eigenvalue weighted by Crippen LogP contribution is 2.19. The summed E-state index contributed by atoms with van der Waals surface area (Å²) in [5, 5.41) is 12.0. The summed E-state index contributed by atoms with van der Waals surface area (Å²) >= 11 is 0. The van der Waals surface area contributed by atoms with Crippen molar-refractivity contribution in [1.82, 2.24) is 50.7 Å². The second-order valence-corrected chi connectivity index (χ2v) is 19.9. The largest absolute Gasteiger partial charge is 0.386 e. The molecule has 6 rings (SSSR count). The molecule has 6 heterocycles. The molecule has 12 heteroatoms. The van der Waals surface area contributed by atoms with E-state index in [0.717, 1.165) is 69.8 Å². The number of hydrogen-bond acceptors (Lipinski definition) is 9. The summed E-state index contributed by atoms with van der Waals surface area (Å²) in [7, 11) is 1.89. The van der Waals surface area contributed by atoms with E-state index in [1.165, 1.54) is 71.4 Å². The van der Waals surface area contributed by atoms with E-state index in [1.54, 1.807) is 0 Å². The van der Waals surface area contributed by atoms with Crippen LogP contribution in [0.15, 0.2) is 24.6 Å². The SMILES string of the molecule is C=C1CN(C(C)(C)C)CCN1.C=C1CN(C)CC(=O)N1.CC(C)(C)N1CCCCC1.CC(C)(C)N1CCNCC1.CC(C)N1CCCC1.CC(C)N1CCNC1=O. The van der Waals surface area contributed by atoms with E-state index in [9.17, 15) is 9.59 Å². The summed E-state index contributed by atoms with van der Waals surface area (Å²) in [6, 6.07) is 1.19. The third-order valence-corrected chi connectivity index (χ3v) is 11.0. The number of nitrogens with one attached hydrogen (secondary N) is 4. The first-order chi connectivity index (χ1) is 26.4. The number of rotatable bonds is 2. The average Bonchev–Trinajstić information content (AvgIpc) is 3.82. The van der Waals surface area contributed by atoms with Crippen LogP contribution in [0.1, 0.15) is 122 Å². The van der Waals surface area contributed by atoms with Gasteiger partial charge in [-0.15, -0.1) is 0 Å². The molecule has 0 aromatic heterocycles. The molecule has 6 aliphatic rings. The minimum Gasteiger partial charge on any atom is -0.386 e. The molecule has 0 aliphatic carbocycles. The lowest BCUT2D eigenvalue weighted by molar-refractivity contribution is -0.122. The van der Waals surface area contributed by atoms with Gasteiger partial charge >= 0.3 is 6.03 Å². The predicted octanol–water partition coefficient (Wildman–Crippen LogP) is 5.64. The fourth-order valence-corrected chi connectivity index (χ4v) is 7.35. The monoisotopic (exact) mass is 805 g/mol. The van der Waals surface area contributed by atoms with Gasteiger partial charge < -0.3 is 31.1 Å². The molecule has 12 nitrogen and oxygen atoms in total. The molecule has 0 aromatic rings. The zero-order valence-corrected chi connectivity index (χ0v) is 39.7. The molecule has 0 aromatic carbocycles. The quantitative estimate of drug-likeness (QED) is 0.283. The van der Waals surface area contributed by atoms with Gasteiger partial charge in [0.05, 0.1) is 6.54 Å². The first-order valence-corrected chi connectivity index (χ1v) is 22.2. The highest BCUT2D eigenvalue weighted by atomic mass is 16.2. The number of nitrogens with zero attached hydrogens (tertiary/aromatic N) is 6. The van der Waals surface area contributed by atoms with Crippen molar-refractivity contribution < 1.29 is 9.59 Å². The van der Waals surface area contributed by atoms with Gasteiger partial charge in [0.1, 0.15) is 0 Å². The van der Waals surface area contributed by atoms with Crippen molar-refractivity contribution >= 4 is 11.9 Å². The number of urea groups is 1. The average molecular weight is 805 g/mol. The number of piperidine rings is 1. The van der Waals surface area contributed by atoms with E-state index in [2.05, 4.69) is 130 Å². The van der Waals surface area contributed by atoms with Crippen molar-refractivity contribution in [2.45, 2.75) is 151 Å². The maximum Gasteiger partial charge on any atom is 0.317 e. The predicted molar refractivity (Wildman–Crippen MR) is 244 cm³/mol. The molecule has 0 spiro atoms. The van der Waals surface area contributed by atoms with Gasteiger partial charge in [-0.3, -0.25) is 24.4 Å². The van der Waals surface area contributed by atoms with Crippen LogP contribution in [0.4, 0.5) is 4.79 Å². The maximum atomic E-state index is 10.8. The van der Waals surface area contributed by atoms with Gasteiger partial charge in [-0.2, -0.15) is 0 Å². The Morgan fingerprint density at radius 1 is 0.526 bits per heavy atom. The zero-order valence-electron chi connectivity index (χ0n) is 39.7. The first kappa shape index (κ1) is 52.8. The van der Waals surface area contributed by atoms with E-state index < -0.39 is 0 Å². The van der Waals surface area contributed by atoms with Crippen LogP contribution >= 0.6 is 0 Å². The number of amides is 3. The molecule has 6 aliphatic heterocycles. The number of hydrogen-bond donors (Lipinski definition) is 4. The van der Waals surface area contributed by atoms with Crippen LogP contribution in [-0.2, 0) is 4.79 Å². The summed E-state index contributed by atoms with van der Waals surface area (Å²) in [6.07, 6.45) is 7.07. The molecule has 0 bridgehead atoms. The van der Waals surface area contributed by atoms with Crippen LogP contribution in [0.25, 0.3) is 0 Å². The first-order valence-electron chi connectivity index (χ1n) is 22.2. The third kappa shape index (κ3) is 23.2. The van der Waals surface area contributed by atoms with Gasteiger partial charge in [0.15, 0.2) is 0 Å². The minimum absolute atomic E-state index is 0.0359. The van der Waals surface area contributed by atoms with Crippen molar-refractivity contribution in [1.29, 1.82) is 0 Å². The summed E-state index contributed by atoms with van der Waals surface area (Å²) in [6.45, 7) is 52.7. The smallest absolute Gasteiger partial charge is 0.317 e. The highest BCUT2D eigenvalue weighted by molar-refractivity contribution is 5.80. The van der Waals surface area contributed by atoms with Crippen LogP contribution in [0.3, 0.4) is 0 Å². The van der Waals surface area contributed by atoms with Gasteiger partial charge in [0.25, 0.3) is 0 Å². The Morgan fingerprint density at radius 2 is 1.00 bits per heavy atom. The molecule has 334 valence electrons. The minimum atomic E-state index is 0.0359. The fourth-order valence-electron chi connectivity index (χ4n) is 7.35. The van der Waals surface area contributed by atoms with Crippen LogP contribution in [-0.4, -0.2) is 175 Å². The standard InChI is InChI=1S/C9H18N2.C9H19N.C8H18N2.C7H15N.C6H10N2O.C6H12N2O/c1-8-7-11(6-5-10-8)9(2,3)4;1-9(2,3)10-7-5-4-6-8-10;1-8(2,3)10-6-4-9-5-7-10;1-7(2)8-5-3-4-6-8;1-5-3-8(2)4-6(9)7-5;1-5(2)8-4-3-7-6(8)9/h10H,1,5-7H2,2-4H3;4-8H2,1-3H3;9H,4-7H2,1-3H3;7H,3-6H2,1-2H3;1,3-4H2,2H3,(H,7,9);5H,3-4H2,1-2H3,(H,7,9). The van der Waals surface area contributed by atoms with Gasteiger partial charge in [-0.05, 0) is 149 Å². The molecule has 57 heavy (non-hydrogen) atoms. The number of piperazine rings is 3. The third-order valence-electron chi connectivity index (χ3n) is 11.0. The number of carbonyl (C=O) groups is 2. The highest BCUT2D eigenvalue weighted by Gasteiger charge is 2.25. The Labute approximate surface area is 351 Å². The van der Waals surface area contributed by atoms with E-state index in [1.807, 2.05) is 30.7 Å². The Bertz CT molecular complexity index is 1110. The number of likely N-dealkylation sites (N-methyl/N-ethyl adjacent to an activating group) is 1. The van der Waals surface area contributed by atoms with Gasteiger partial charge in [0.2, 0.25) is 5.91 Å². The molecule has 6 fully saturated rings. The molecule has 0 saturated carbocycles. The topological polar surface area (TPSA) is 102 Å². The lowest BCUT2D eigenvalue weighted by Gasteiger charge is -2.39. The van der Waals surface area contributed by atoms with E-state index in [-0.39, 0.29) is 17.5 Å². The molecule has 4 N–H and O–H groups in total. The lowest BCUT2D eigenvalue weighted by Crippen LogP contribution is -2.51. The van der Waals surface area contributed by atoms with Gasteiger partial charge in [0, 0.05) is 106 Å². The van der Waals surface area contributed by atoms with Crippen molar-refractivity contribution in [2.24, 2.45) is 0 Å². The second kappa shape index (κ2) is 26.1. The van der Waals surface area contributed by atoms with Crippen molar-refractivity contribution in [3.8, 4) is 0 Å². The number of likely N-dealkylation sites (tertiary alicyclic amines) is 2. The molecule has 3 amide bonds. The molecular formula is C45H92N10O2. The van der Waals surface area contributed by atoms with Crippen LogP contribution in [0, 0.1) is 0 Å². The van der Waals surface area contributed by atoms with Crippen LogP contribution < -0.4 is 21.3 Å². The summed E-state index contributed by atoms with van der Waals surface area (Å²) < 4.78 is 0. The second-order valence-electron chi connectivity index (χ2n) is 19.9. The molecule has 0 unspecified atom stereocenters. The Kier molecular flexibility index (Phi) is 24.2. The van der Waals surface area contributed by atoms with E-state index >= 15 is 0 Å². The number of carbonyl (C=O) groups excluding carboxylic acids is 2. The van der Waals surface area contributed by atoms with E-state index in [0.29, 0.717) is 23.7 Å². The Morgan fingerprint density at radius 3 is 1.32 bits per heavy atom. The zero-order chi connectivity index (χ0) is 43.4. The summed E-state index contributed by atoms with van der Waals surface area (Å²) in [5.41, 5.74) is 2.98. The molecule has 0 radical (unpaired) electrons. The van der Waals surface area contributed by atoms with Crippen molar-refractivity contribution in [3.63, 3.8) is 0 Å². The molecule has 6 saturated heterocycles. The summed E-state index contributed by atoms with van der Waals surface area (Å²) in [5.74, 6) is 0.0359. The molecular weight excluding hydrogens is 713 g/mol. The van der Waals surface area contributed by atoms with Crippen molar-refractivity contribution in [2.75, 3.05) is 105 Å². The van der Waals surface area contributed by atoms with Crippen LogP contribution in [0.5, 0.6) is 0 Å². The van der Waals surface area contributed by atoms with Crippen LogP contribution in [0.2, 0.25) is 0 Å².